The Hall–Kier alpha value is -1.93. The minimum absolute atomic E-state index is 0.0221. The lowest BCUT2D eigenvalue weighted by Crippen LogP contribution is -2.35. The minimum atomic E-state index is -3.48. The van der Waals surface area contributed by atoms with Crippen molar-refractivity contribution in [2.24, 2.45) is 7.05 Å². The molecule has 3 rings (SSSR count). The Balaban J connectivity index is 1.75. The van der Waals surface area contributed by atoms with Crippen molar-refractivity contribution >= 4 is 27.0 Å². The maximum Gasteiger partial charge on any atom is 0.243 e. The topological polar surface area (TPSA) is 84.3 Å². The van der Waals surface area contributed by atoms with Gasteiger partial charge in [-0.1, -0.05) is 19.8 Å². The number of nitrogens with zero attached hydrogens (tertiary/aromatic N) is 3. The molecule has 1 aromatic heterocycles. The van der Waals surface area contributed by atoms with Crippen molar-refractivity contribution in [3.8, 4) is 0 Å². The first-order valence-corrected chi connectivity index (χ1v) is 11.6. The summed E-state index contributed by atoms with van der Waals surface area (Å²) in [7, 11) is -1.57. The Kier molecular flexibility index (Phi) is 6.72. The molecule has 0 bridgehead atoms. The van der Waals surface area contributed by atoms with Gasteiger partial charge in [0.25, 0.3) is 0 Å². The van der Waals surface area contributed by atoms with Crippen LogP contribution in [0.25, 0.3) is 11.0 Å². The Morgan fingerprint density at radius 3 is 2.68 bits per heavy atom. The van der Waals surface area contributed by atoms with Crippen molar-refractivity contribution in [2.45, 2.75) is 56.8 Å². The van der Waals surface area contributed by atoms with E-state index >= 15 is 0 Å². The fraction of sp³-hybridized carbons (Fsp3) is 0.600. The lowest BCUT2D eigenvalue weighted by atomic mass is 10.2. The number of unbranched alkanes of at least 4 members (excludes halogenated alkanes) is 1. The summed E-state index contributed by atoms with van der Waals surface area (Å²) in [4.78, 5) is 16.8. The molecule has 28 heavy (non-hydrogen) atoms. The normalized spacial score (nSPS) is 15.8. The lowest BCUT2D eigenvalue weighted by molar-refractivity contribution is -0.121. The molecular formula is C20H30N4O3S. The summed E-state index contributed by atoms with van der Waals surface area (Å²) in [6.45, 7) is 3.96. The third kappa shape index (κ3) is 4.55. The van der Waals surface area contributed by atoms with Gasteiger partial charge < -0.3 is 9.88 Å². The van der Waals surface area contributed by atoms with Gasteiger partial charge in [0, 0.05) is 39.5 Å². The van der Waals surface area contributed by atoms with Crippen LogP contribution in [-0.4, -0.2) is 47.8 Å². The molecule has 7 nitrogen and oxygen atoms in total. The van der Waals surface area contributed by atoms with Gasteiger partial charge >= 0.3 is 0 Å². The van der Waals surface area contributed by atoms with E-state index in [9.17, 15) is 13.2 Å². The minimum Gasteiger partial charge on any atom is -0.356 e. The number of aryl methyl sites for hydroxylation is 2. The van der Waals surface area contributed by atoms with Crippen LogP contribution in [0.2, 0.25) is 0 Å². The van der Waals surface area contributed by atoms with E-state index < -0.39 is 10.0 Å². The maximum atomic E-state index is 12.9. The molecule has 2 heterocycles. The summed E-state index contributed by atoms with van der Waals surface area (Å²) in [5.41, 5.74) is 1.53. The van der Waals surface area contributed by atoms with Crippen LogP contribution in [0.5, 0.6) is 0 Å². The van der Waals surface area contributed by atoms with Crippen LogP contribution in [0.15, 0.2) is 23.1 Å². The molecule has 0 spiro atoms. The number of amides is 1. The SMILES string of the molecule is CCCCNC(=O)CCc1nc2cc(S(=O)(=O)N3CCCCC3)ccc2n1C. The second-order valence-corrected chi connectivity index (χ2v) is 9.34. The number of nitrogens with one attached hydrogen (secondary N) is 1. The van der Waals surface area contributed by atoms with E-state index in [1.807, 2.05) is 17.7 Å². The number of carbonyl (C=O) groups excluding carboxylic acids is 1. The molecule has 0 saturated carbocycles. The van der Waals surface area contributed by atoms with Gasteiger partial charge in [-0.15, -0.1) is 0 Å². The van der Waals surface area contributed by atoms with Gasteiger partial charge in [-0.25, -0.2) is 13.4 Å². The van der Waals surface area contributed by atoms with Crippen LogP contribution in [0.4, 0.5) is 0 Å². The molecule has 0 radical (unpaired) electrons. The zero-order chi connectivity index (χ0) is 20.1. The van der Waals surface area contributed by atoms with Gasteiger partial charge in [0.05, 0.1) is 15.9 Å². The molecular weight excluding hydrogens is 376 g/mol. The molecule has 1 N–H and O–H groups in total. The first-order valence-electron chi connectivity index (χ1n) is 10.2. The number of hydrogen-bond donors (Lipinski definition) is 1. The molecule has 1 amide bonds. The Labute approximate surface area is 167 Å². The Morgan fingerprint density at radius 2 is 1.96 bits per heavy atom. The maximum absolute atomic E-state index is 12.9. The lowest BCUT2D eigenvalue weighted by Gasteiger charge is -2.25. The molecule has 1 fully saturated rings. The van der Waals surface area contributed by atoms with E-state index in [1.165, 1.54) is 0 Å². The first kappa shape index (κ1) is 20.8. The van der Waals surface area contributed by atoms with Crippen LogP contribution < -0.4 is 5.32 Å². The molecule has 1 aliphatic heterocycles. The van der Waals surface area contributed by atoms with E-state index in [0.717, 1.165) is 43.4 Å². The van der Waals surface area contributed by atoms with E-state index in [0.29, 0.717) is 42.9 Å². The molecule has 154 valence electrons. The number of rotatable bonds is 8. The number of piperidine rings is 1. The summed E-state index contributed by atoms with van der Waals surface area (Å²) in [6, 6.07) is 5.13. The zero-order valence-corrected chi connectivity index (χ0v) is 17.6. The zero-order valence-electron chi connectivity index (χ0n) is 16.8. The van der Waals surface area contributed by atoms with Crippen LogP contribution in [0, 0.1) is 0 Å². The van der Waals surface area contributed by atoms with Crippen LogP contribution in [0.1, 0.15) is 51.3 Å². The summed E-state index contributed by atoms with van der Waals surface area (Å²) in [5.74, 6) is 0.807. The largest absolute Gasteiger partial charge is 0.356 e. The second kappa shape index (κ2) is 9.05. The van der Waals surface area contributed by atoms with Gasteiger partial charge in [0.2, 0.25) is 15.9 Å². The summed E-state index contributed by atoms with van der Waals surface area (Å²) >= 11 is 0. The van der Waals surface area contributed by atoms with E-state index in [2.05, 4.69) is 17.2 Å². The number of benzene rings is 1. The summed E-state index contributed by atoms with van der Waals surface area (Å²) in [5, 5.41) is 2.91. The molecule has 8 heteroatoms. The second-order valence-electron chi connectivity index (χ2n) is 7.41. The van der Waals surface area contributed by atoms with E-state index in [1.54, 1.807) is 16.4 Å². The van der Waals surface area contributed by atoms with Gasteiger partial charge in [-0.05, 0) is 37.5 Å². The smallest absolute Gasteiger partial charge is 0.243 e. The Bertz CT molecular complexity index is 930. The van der Waals surface area contributed by atoms with E-state index in [4.69, 9.17) is 0 Å². The average Bonchev–Trinajstić information content (AvgIpc) is 3.02. The number of sulfonamides is 1. The predicted octanol–water partition coefficient (Wildman–Crippen LogP) is 2.60. The molecule has 0 atom stereocenters. The third-order valence-electron chi connectivity index (χ3n) is 5.33. The van der Waals surface area contributed by atoms with Crippen molar-refractivity contribution in [3.05, 3.63) is 24.0 Å². The number of aromatic nitrogens is 2. The number of fused-ring (bicyclic) bond motifs is 1. The highest BCUT2D eigenvalue weighted by Gasteiger charge is 2.26. The summed E-state index contributed by atoms with van der Waals surface area (Å²) < 4.78 is 29.3. The number of imidazole rings is 1. The van der Waals surface area contributed by atoms with Crippen molar-refractivity contribution in [1.82, 2.24) is 19.2 Å². The highest BCUT2D eigenvalue weighted by molar-refractivity contribution is 7.89. The van der Waals surface area contributed by atoms with Gasteiger partial charge in [-0.3, -0.25) is 4.79 Å². The average molecular weight is 407 g/mol. The Morgan fingerprint density at radius 1 is 1.21 bits per heavy atom. The number of hydrogen-bond acceptors (Lipinski definition) is 4. The summed E-state index contributed by atoms with van der Waals surface area (Å²) in [6.07, 6.45) is 5.84. The van der Waals surface area contributed by atoms with Crippen molar-refractivity contribution in [3.63, 3.8) is 0 Å². The highest BCUT2D eigenvalue weighted by atomic mass is 32.2. The first-order chi connectivity index (χ1) is 13.4. The van der Waals surface area contributed by atoms with Crippen LogP contribution in [0.3, 0.4) is 0 Å². The predicted molar refractivity (Wildman–Crippen MR) is 110 cm³/mol. The fourth-order valence-electron chi connectivity index (χ4n) is 3.59. The molecule has 0 unspecified atom stereocenters. The molecule has 1 aromatic carbocycles. The standard InChI is InChI=1S/C20H30N4O3S/c1-3-4-12-21-20(25)11-10-19-22-17-15-16(8-9-18(17)23(19)2)28(26,27)24-13-6-5-7-14-24/h8-9,15H,3-7,10-14H2,1-2H3,(H,21,25). The van der Waals surface area contributed by atoms with Gasteiger partial charge in [-0.2, -0.15) is 4.31 Å². The monoisotopic (exact) mass is 406 g/mol. The molecule has 0 aliphatic carbocycles. The number of carbonyl (C=O) groups is 1. The third-order valence-corrected chi connectivity index (χ3v) is 7.22. The van der Waals surface area contributed by atoms with Crippen molar-refractivity contribution in [1.29, 1.82) is 0 Å². The van der Waals surface area contributed by atoms with Gasteiger partial charge in [0.15, 0.2) is 0 Å². The van der Waals surface area contributed by atoms with E-state index in [-0.39, 0.29) is 5.91 Å². The molecule has 1 aliphatic rings. The fourth-order valence-corrected chi connectivity index (χ4v) is 5.12. The highest BCUT2D eigenvalue weighted by Crippen LogP contribution is 2.24. The van der Waals surface area contributed by atoms with Crippen molar-refractivity contribution in [2.75, 3.05) is 19.6 Å². The van der Waals surface area contributed by atoms with Crippen LogP contribution in [-0.2, 0) is 28.3 Å². The molecule has 2 aromatic rings. The van der Waals surface area contributed by atoms with Crippen molar-refractivity contribution < 1.29 is 13.2 Å². The molecule has 1 saturated heterocycles. The van der Waals surface area contributed by atoms with Gasteiger partial charge in [0.1, 0.15) is 5.82 Å². The quantitative estimate of drug-likeness (QED) is 0.683. The van der Waals surface area contributed by atoms with Crippen LogP contribution >= 0.6 is 0 Å².